The van der Waals surface area contributed by atoms with Crippen LogP contribution in [-0.2, 0) is 6.54 Å². The predicted molar refractivity (Wildman–Crippen MR) is 163 cm³/mol. The number of ether oxygens (including phenoxy) is 2. The number of pyridine rings is 2. The highest BCUT2D eigenvalue weighted by Gasteiger charge is 2.29. The lowest BCUT2D eigenvalue weighted by atomic mass is 10.00. The van der Waals surface area contributed by atoms with Crippen molar-refractivity contribution in [2.75, 3.05) is 25.3 Å². The first-order chi connectivity index (χ1) is 21.9. The molecule has 0 spiro atoms. The molecule has 5 aromatic rings. The van der Waals surface area contributed by atoms with Crippen LogP contribution in [0.5, 0.6) is 11.5 Å². The number of nitrogens with one attached hydrogen (secondary N) is 1. The van der Waals surface area contributed by atoms with Crippen LogP contribution in [0.25, 0.3) is 33.4 Å². The Labute approximate surface area is 258 Å². The molecule has 0 bridgehead atoms. The van der Waals surface area contributed by atoms with Crippen LogP contribution < -0.4 is 26.0 Å². The number of nitrogens with two attached hydrogens (primary N) is 1. The van der Waals surface area contributed by atoms with Gasteiger partial charge >= 0.3 is 6.18 Å². The van der Waals surface area contributed by atoms with E-state index in [9.17, 15) is 27.2 Å². The van der Waals surface area contributed by atoms with Gasteiger partial charge in [0.05, 0.1) is 14.2 Å². The lowest BCUT2D eigenvalue weighted by Crippen LogP contribution is -2.27. The third kappa shape index (κ3) is 6.83. The highest BCUT2D eigenvalue weighted by atomic mass is 19.4. The summed E-state index contributed by atoms with van der Waals surface area (Å²) in [6.07, 6.45) is -1.47. The average molecular weight is 637 g/mol. The van der Waals surface area contributed by atoms with Gasteiger partial charge in [-0.25, -0.2) is 13.8 Å². The Kier molecular flexibility index (Phi) is 8.76. The van der Waals surface area contributed by atoms with Gasteiger partial charge in [0.15, 0.2) is 11.5 Å². The van der Waals surface area contributed by atoms with E-state index in [1.54, 1.807) is 24.3 Å². The summed E-state index contributed by atoms with van der Waals surface area (Å²) < 4.78 is 79.9. The lowest BCUT2D eigenvalue weighted by molar-refractivity contribution is -0.140. The van der Waals surface area contributed by atoms with Gasteiger partial charge in [-0.2, -0.15) is 13.2 Å². The fraction of sp³-hybridized carbons (Fsp3) is 0.121. The number of anilines is 2. The number of halogens is 5. The molecule has 2 aromatic heterocycles. The van der Waals surface area contributed by atoms with E-state index in [1.807, 2.05) is 0 Å². The Hall–Kier alpha value is -5.72. The SMILES string of the molecule is COc1ccc(-c2cnc(N)c(-c3ccc(NC(=O)c4cn(CC(F)(F)F)cc(-c5ccc(F)cc5)c4=O)cc3F)c2)cc1OC. The van der Waals surface area contributed by atoms with E-state index < -0.39 is 41.3 Å². The van der Waals surface area contributed by atoms with E-state index in [0.29, 0.717) is 27.2 Å². The molecule has 5 rings (SSSR count). The highest BCUT2D eigenvalue weighted by Crippen LogP contribution is 2.36. The van der Waals surface area contributed by atoms with Crippen molar-refractivity contribution in [3.8, 4) is 44.9 Å². The molecular formula is C33H25F5N4O4. The van der Waals surface area contributed by atoms with Gasteiger partial charge in [-0.1, -0.05) is 18.2 Å². The van der Waals surface area contributed by atoms with Gasteiger partial charge < -0.3 is 25.1 Å². The number of methoxy groups -OCH3 is 2. The topological polar surface area (TPSA) is 108 Å². The molecule has 0 saturated heterocycles. The standard InChI is InChI=1S/C33H25F5N4O4/c1-45-28-10-5-19(12-29(28)46-2)20-11-24(31(39)40-14-20)23-9-8-22(13-27(23)35)41-32(44)26-16-42(17-33(36,37)38)15-25(30(26)43)18-3-6-21(34)7-4-18/h3-16H,17H2,1-2H3,(H2,39,40)(H,41,44). The van der Waals surface area contributed by atoms with Crippen molar-refractivity contribution in [1.29, 1.82) is 0 Å². The second-order valence-corrected chi connectivity index (χ2v) is 10.1. The van der Waals surface area contributed by atoms with Crippen LogP contribution in [-0.4, -0.2) is 35.9 Å². The van der Waals surface area contributed by atoms with Crippen LogP contribution in [0.2, 0.25) is 0 Å². The summed E-state index contributed by atoms with van der Waals surface area (Å²) in [5.41, 5.74) is 5.91. The summed E-state index contributed by atoms with van der Waals surface area (Å²) >= 11 is 0. The van der Waals surface area contributed by atoms with Gasteiger partial charge in [0.25, 0.3) is 5.91 Å². The normalized spacial score (nSPS) is 11.3. The Morgan fingerprint density at radius 1 is 0.848 bits per heavy atom. The van der Waals surface area contributed by atoms with E-state index in [4.69, 9.17) is 15.2 Å². The molecular weight excluding hydrogens is 611 g/mol. The van der Waals surface area contributed by atoms with E-state index in [-0.39, 0.29) is 33.8 Å². The number of hydrogen-bond donors (Lipinski definition) is 2. The summed E-state index contributed by atoms with van der Waals surface area (Å²) in [5.74, 6) is -1.48. The number of alkyl halides is 3. The second-order valence-electron chi connectivity index (χ2n) is 10.1. The number of rotatable bonds is 8. The highest BCUT2D eigenvalue weighted by molar-refractivity contribution is 6.04. The zero-order valence-electron chi connectivity index (χ0n) is 24.3. The van der Waals surface area contributed by atoms with Crippen LogP contribution in [0.3, 0.4) is 0 Å². The smallest absolute Gasteiger partial charge is 0.406 e. The Balaban J connectivity index is 1.46. The molecule has 0 atom stereocenters. The molecule has 0 radical (unpaired) electrons. The summed E-state index contributed by atoms with van der Waals surface area (Å²) in [7, 11) is 2.99. The predicted octanol–water partition coefficient (Wildman–Crippen LogP) is 6.94. The molecule has 8 nitrogen and oxygen atoms in total. The molecule has 0 aliphatic heterocycles. The van der Waals surface area contributed by atoms with Crippen LogP contribution >= 0.6 is 0 Å². The maximum absolute atomic E-state index is 15.5. The van der Waals surface area contributed by atoms with E-state index in [1.165, 1.54) is 44.7 Å². The minimum absolute atomic E-state index is 0.0303. The molecule has 0 saturated carbocycles. The minimum atomic E-state index is -4.67. The fourth-order valence-corrected chi connectivity index (χ4v) is 4.80. The van der Waals surface area contributed by atoms with Gasteiger partial charge in [-0.15, -0.1) is 0 Å². The molecule has 46 heavy (non-hydrogen) atoms. The first-order valence-electron chi connectivity index (χ1n) is 13.5. The molecule has 13 heteroatoms. The molecule has 1 amide bonds. The third-order valence-electron chi connectivity index (χ3n) is 6.99. The summed E-state index contributed by atoms with van der Waals surface area (Å²) in [4.78, 5) is 30.6. The number of nitrogens with zero attached hydrogens (tertiary/aromatic N) is 2. The minimum Gasteiger partial charge on any atom is -0.493 e. The zero-order valence-corrected chi connectivity index (χ0v) is 24.3. The number of hydrogen-bond acceptors (Lipinski definition) is 6. The molecule has 0 aliphatic rings. The van der Waals surface area contributed by atoms with Gasteiger partial charge in [0.1, 0.15) is 29.6 Å². The number of nitrogen functional groups attached to an aromatic ring is 1. The maximum Gasteiger partial charge on any atom is 0.406 e. The Morgan fingerprint density at radius 3 is 2.20 bits per heavy atom. The van der Waals surface area contributed by atoms with Crippen molar-refractivity contribution < 1.29 is 36.2 Å². The van der Waals surface area contributed by atoms with Gasteiger partial charge in [-0.05, 0) is 59.7 Å². The number of amides is 1. The van der Waals surface area contributed by atoms with Crippen molar-refractivity contribution in [1.82, 2.24) is 9.55 Å². The van der Waals surface area contributed by atoms with Gasteiger partial charge in [0.2, 0.25) is 5.43 Å². The summed E-state index contributed by atoms with van der Waals surface area (Å²) in [5, 5.41) is 2.37. The summed E-state index contributed by atoms with van der Waals surface area (Å²) in [6, 6.07) is 15.0. The van der Waals surface area contributed by atoms with Crippen molar-refractivity contribution in [2.24, 2.45) is 0 Å². The van der Waals surface area contributed by atoms with Crippen LogP contribution in [0, 0.1) is 11.6 Å². The van der Waals surface area contributed by atoms with E-state index in [2.05, 4.69) is 10.3 Å². The fourth-order valence-electron chi connectivity index (χ4n) is 4.80. The Morgan fingerprint density at radius 2 is 1.54 bits per heavy atom. The monoisotopic (exact) mass is 636 g/mol. The van der Waals surface area contributed by atoms with Crippen LogP contribution in [0.1, 0.15) is 10.4 Å². The molecule has 3 aromatic carbocycles. The van der Waals surface area contributed by atoms with Gasteiger partial charge in [-0.3, -0.25) is 9.59 Å². The number of carbonyl (C=O) groups is 1. The number of carbonyl (C=O) groups excluding carboxylic acids is 1. The number of aromatic nitrogens is 2. The Bertz CT molecular complexity index is 1990. The molecule has 3 N–H and O–H groups in total. The van der Waals surface area contributed by atoms with Crippen LogP contribution in [0.4, 0.5) is 33.5 Å². The molecule has 2 heterocycles. The third-order valence-corrected chi connectivity index (χ3v) is 6.99. The summed E-state index contributed by atoms with van der Waals surface area (Å²) in [6.45, 7) is -1.50. The van der Waals surface area contributed by atoms with Crippen molar-refractivity contribution in [3.63, 3.8) is 0 Å². The van der Waals surface area contributed by atoms with E-state index in [0.717, 1.165) is 30.6 Å². The molecule has 236 valence electrons. The van der Waals surface area contributed by atoms with Gasteiger partial charge in [0, 0.05) is 46.5 Å². The molecule has 0 fully saturated rings. The first-order valence-corrected chi connectivity index (χ1v) is 13.5. The largest absolute Gasteiger partial charge is 0.493 e. The van der Waals surface area contributed by atoms with Crippen LogP contribution in [0.15, 0.2) is 90.1 Å². The average Bonchev–Trinajstić information content (AvgIpc) is 3.01. The van der Waals surface area contributed by atoms with Crippen molar-refractivity contribution in [3.05, 3.63) is 113 Å². The second kappa shape index (κ2) is 12.7. The lowest BCUT2D eigenvalue weighted by Gasteiger charge is -2.15. The van der Waals surface area contributed by atoms with E-state index >= 15 is 4.39 Å². The first kappa shape index (κ1) is 31.7. The van der Waals surface area contributed by atoms with Crippen molar-refractivity contribution >= 4 is 17.4 Å². The number of benzene rings is 3. The molecule has 0 aliphatic carbocycles. The van der Waals surface area contributed by atoms with Crippen molar-refractivity contribution in [2.45, 2.75) is 12.7 Å². The molecule has 0 unspecified atom stereocenters. The zero-order chi connectivity index (χ0) is 33.2. The quantitative estimate of drug-likeness (QED) is 0.179. The maximum atomic E-state index is 15.5.